The fraction of sp³-hybridized carbons (Fsp3) is 0.0625. The number of imidazole rings is 1. The van der Waals surface area contributed by atoms with Gasteiger partial charge in [-0.2, -0.15) is 0 Å². The number of hydrogen-bond acceptors (Lipinski definition) is 2. The zero-order chi connectivity index (χ0) is 12.9. The maximum atomic E-state index is 4.08. The molecule has 0 amide bonds. The Kier molecular flexibility index (Phi) is 3.28. The molecule has 94 valence electrons. The minimum Gasteiger partial charge on any atom is -0.347 e. The van der Waals surface area contributed by atoms with Gasteiger partial charge < -0.3 is 9.88 Å². The van der Waals surface area contributed by atoms with Crippen LogP contribution in [0.4, 0.5) is 11.4 Å². The first-order chi connectivity index (χ1) is 9.43. The summed E-state index contributed by atoms with van der Waals surface area (Å²) in [6.07, 6.45) is 3.57. The van der Waals surface area contributed by atoms with Crippen molar-refractivity contribution in [1.82, 2.24) is 9.97 Å². The Bertz CT molecular complexity index is 564. The molecule has 0 atom stereocenters. The molecule has 0 radical (unpaired) electrons. The lowest BCUT2D eigenvalue weighted by Crippen LogP contribution is -2.16. The molecule has 0 unspecified atom stereocenters. The predicted molar refractivity (Wildman–Crippen MR) is 77.3 cm³/mol. The number of anilines is 2. The number of nitrogens with zero attached hydrogens (tertiary/aromatic N) is 2. The van der Waals surface area contributed by atoms with Crippen molar-refractivity contribution < 1.29 is 0 Å². The molecule has 3 rings (SSSR count). The van der Waals surface area contributed by atoms with Crippen molar-refractivity contribution in [2.75, 3.05) is 4.90 Å². The maximum Gasteiger partial charge on any atom is 0.0922 e. The Hall–Kier alpha value is -2.55. The molecule has 3 aromatic rings. The van der Waals surface area contributed by atoms with Crippen molar-refractivity contribution in [1.29, 1.82) is 0 Å². The molecular weight excluding hydrogens is 234 g/mol. The standard InChI is InChI=1S/C16H15N3/c1-3-7-15(8-4-1)19(12-14-11-17-13-18-14)16-9-5-2-6-10-16/h1-11,13H,12H2,(H,17,18). The molecule has 0 fully saturated rings. The largest absolute Gasteiger partial charge is 0.347 e. The molecule has 0 aliphatic rings. The van der Waals surface area contributed by atoms with Gasteiger partial charge in [0, 0.05) is 17.6 Å². The van der Waals surface area contributed by atoms with Crippen molar-refractivity contribution in [3.8, 4) is 0 Å². The van der Waals surface area contributed by atoms with Gasteiger partial charge in [0.1, 0.15) is 0 Å². The summed E-state index contributed by atoms with van der Waals surface area (Å²) in [5.41, 5.74) is 3.43. The maximum absolute atomic E-state index is 4.08. The minimum atomic E-state index is 0.772. The van der Waals surface area contributed by atoms with Crippen LogP contribution in [0.25, 0.3) is 0 Å². The highest BCUT2D eigenvalue weighted by Gasteiger charge is 2.09. The fourth-order valence-corrected chi connectivity index (χ4v) is 2.09. The summed E-state index contributed by atoms with van der Waals surface area (Å²) in [4.78, 5) is 9.49. The summed E-state index contributed by atoms with van der Waals surface area (Å²) in [7, 11) is 0. The quantitative estimate of drug-likeness (QED) is 0.763. The summed E-state index contributed by atoms with van der Waals surface area (Å²) in [6.45, 7) is 0.772. The molecule has 0 saturated carbocycles. The molecule has 0 aliphatic heterocycles. The third kappa shape index (κ3) is 2.65. The molecule has 3 heteroatoms. The van der Waals surface area contributed by atoms with Gasteiger partial charge in [-0.1, -0.05) is 36.4 Å². The number of aromatic amines is 1. The van der Waals surface area contributed by atoms with Crippen LogP contribution in [0.5, 0.6) is 0 Å². The number of aromatic nitrogens is 2. The van der Waals surface area contributed by atoms with Crippen molar-refractivity contribution >= 4 is 11.4 Å². The van der Waals surface area contributed by atoms with Gasteiger partial charge in [0.25, 0.3) is 0 Å². The van der Waals surface area contributed by atoms with Gasteiger partial charge >= 0.3 is 0 Å². The van der Waals surface area contributed by atoms with Gasteiger partial charge in [-0.15, -0.1) is 0 Å². The molecule has 0 spiro atoms. The normalized spacial score (nSPS) is 10.3. The van der Waals surface area contributed by atoms with E-state index in [4.69, 9.17) is 0 Å². The summed E-state index contributed by atoms with van der Waals surface area (Å²) in [5, 5.41) is 0. The smallest absolute Gasteiger partial charge is 0.0922 e. The first-order valence-electron chi connectivity index (χ1n) is 6.28. The summed E-state index contributed by atoms with van der Waals surface area (Å²) in [6, 6.07) is 20.7. The number of hydrogen-bond donors (Lipinski definition) is 1. The SMILES string of the molecule is c1ccc(N(Cc2cnc[nH]2)c2ccccc2)cc1. The number of para-hydroxylation sites is 2. The van der Waals surface area contributed by atoms with Crippen LogP contribution in [0.1, 0.15) is 5.69 Å². The van der Waals surface area contributed by atoms with E-state index in [1.54, 1.807) is 6.33 Å². The molecule has 0 aliphatic carbocycles. The zero-order valence-corrected chi connectivity index (χ0v) is 10.5. The molecule has 2 aromatic carbocycles. The minimum absolute atomic E-state index is 0.772. The average Bonchev–Trinajstić information content (AvgIpc) is 3.00. The van der Waals surface area contributed by atoms with Crippen LogP contribution in [-0.4, -0.2) is 9.97 Å². The van der Waals surface area contributed by atoms with Crippen LogP contribution in [0.2, 0.25) is 0 Å². The fourth-order valence-electron chi connectivity index (χ4n) is 2.09. The second kappa shape index (κ2) is 5.40. The zero-order valence-electron chi connectivity index (χ0n) is 10.5. The van der Waals surface area contributed by atoms with Gasteiger partial charge in [0.15, 0.2) is 0 Å². The predicted octanol–water partition coefficient (Wildman–Crippen LogP) is 3.75. The molecule has 19 heavy (non-hydrogen) atoms. The summed E-state index contributed by atoms with van der Waals surface area (Å²) < 4.78 is 0. The van der Waals surface area contributed by atoms with E-state index in [2.05, 4.69) is 63.4 Å². The second-order valence-electron chi connectivity index (χ2n) is 4.33. The van der Waals surface area contributed by atoms with Crippen LogP contribution in [0.15, 0.2) is 73.2 Å². The Morgan fingerprint density at radius 2 is 1.42 bits per heavy atom. The second-order valence-corrected chi connectivity index (χ2v) is 4.33. The molecule has 1 N–H and O–H groups in total. The third-order valence-electron chi connectivity index (χ3n) is 3.02. The Morgan fingerprint density at radius 1 is 0.842 bits per heavy atom. The van der Waals surface area contributed by atoms with Crippen LogP contribution in [-0.2, 0) is 6.54 Å². The van der Waals surface area contributed by atoms with Gasteiger partial charge in [-0.25, -0.2) is 4.98 Å². The van der Waals surface area contributed by atoms with E-state index < -0.39 is 0 Å². The van der Waals surface area contributed by atoms with Gasteiger partial charge in [0.2, 0.25) is 0 Å². The molecular formula is C16H15N3. The van der Waals surface area contributed by atoms with Crippen LogP contribution in [0, 0.1) is 0 Å². The first-order valence-corrected chi connectivity index (χ1v) is 6.28. The van der Waals surface area contributed by atoms with Crippen LogP contribution >= 0.6 is 0 Å². The topological polar surface area (TPSA) is 31.9 Å². The lowest BCUT2D eigenvalue weighted by molar-refractivity contribution is 0.939. The van der Waals surface area contributed by atoms with Crippen molar-refractivity contribution in [3.05, 3.63) is 78.9 Å². The van der Waals surface area contributed by atoms with Crippen molar-refractivity contribution in [2.45, 2.75) is 6.54 Å². The van der Waals surface area contributed by atoms with E-state index in [9.17, 15) is 0 Å². The Labute approximate surface area is 112 Å². The lowest BCUT2D eigenvalue weighted by Gasteiger charge is -2.24. The van der Waals surface area contributed by atoms with Crippen LogP contribution in [0.3, 0.4) is 0 Å². The number of benzene rings is 2. The molecule has 0 bridgehead atoms. The number of rotatable bonds is 4. The Balaban J connectivity index is 1.96. The van der Waals surface area contributed by atoms with E-state index in [-0.39, 0.29) is 0 Å². The van der Waals surface area contributed by atoms with E-state index in [1.807, 2.05) is 18.3 Å². The van der Waals surface area contributed by atoms with Gasteiger partial charge in [-0.3, -0.25) is 0 Å². The number of H-pyrrole nitrogens is 1. The van der Waals surface area contributed by atoms with Gasteiger partial charge in [-0.05, 0) is 24.3 Å². The Morgan fingerprint density at radius 3 is 1.89 bits per heavy atom. The summed E-state index contributed by atoms with van der Waals surface area (Å²) in [5.74, 6) is 0. The molecule has 1 aromatic heterocycles. The van der Waals surface area contributed by atoms with E-state index in [1.165, 1.54) is 11.4 Å². The van der Waals surface area contributed by atoms with E-state index in [0.717, 1.165) is 12.2 Å². The van der Waals surface area contributed by atoms with E-state index in [0.29, 0.717) is 0 Å². The first kappa shape index (κ1) is 11.5. The molecule has 0 saturated heterocycles. The monoisotopic (exact) mass is 249 g/mol. The molecule has 1 heterocycles. The van der Waals surface area contributed by atoms with Crippen molar-refractivity contribution in [2.24, 2.45) is 0 Å². The summed E-state index contributed by atoms with van der Waals surface area (Å²) >= 11 is 0. The number of nitrogens with one attached hydrogen (secondary N) is 1. The highest BCUT2D eigenvalue weighted by molar-refractivity contribution is 5.62. The third-order valence-corrected chi connectivity index (χ3v) is 3.02. The van der Waals surface area contributed by atoms with Crippen LogP contribution < -0.4 is 4.90 Å². The van der Waals surface area contributed by atoms with Gasteiger partial charge in [0.05, 0.1) is 18.6 Å². The highest BCUT2D eigenvalue weighted by atomic mass is 15.1. The molecule has 3 nitrogen and oxygen atoms in total. The highest BCUT2D eigenvalue weighted by Crippen LogP contribution is 2.26. The van der Waals surface area contributed by atoms with Crippen molar-refractivity contribution in [3.63, 3.8) is 0 Å². The average molecular weight is 249 g/mol. The lowest BCUT2D eigenvalue weighted by atomic mass is 10.2. The van der Waals surface area contributed by atoms with E-state index >= 15 is 0 Å².